The lowest BCUT2D eigenvalue weighted by atomic mass is 9.88. The van der Waals surface area contributed by atoms with Gasteiger partial charge in [-0.05, 0) is 81.5 Å². The number of methoxy groups -OCH3 is 1. The van der Waals surface area contributed by atoms with E-state index in [0.29, 0.717) is 5.56 Å². The van der Waals surface area contributed by atoms with Gasteiger partial charge in [0, 0.05) is 38.9 Å². The Morgan fingerprint density at radius 3 is 2.30 bits per heavy atom. The fourth-order valence-corrected chi connectivity index (χ4v) is 4.21. The van der Waals surface area contributed by atoms with E-state index in [4.69, 9.17) is 9.47 Å². The molecule has 0 radical (unpaired) electrons. The summed E-state index contributed by atoms with van der Waals surface area (Å²) in [6, 6.07) is 15.8. The Bertz CT molecular complexity index is 872. The van der Waals surface area contributed by atoms with E-state index < -0.39 is 5.60 Å². The third kappa shape index (κ3) is 7.47. The molecule has 0 aliphatic carbocycles. The van der Waals surface area contributed by atoms with Crippen molar-refractivity contribution in [2.24, 2.45) is 0 Å². The van der Waals surface area contributed by atoms with Gasteiger partial charge in [-0.3, -0.25) is 0 Å². The van der Waals surface area contributed by atoms with Crippen LogP contribution < -0.4 is 9.64 Å². The van der Waals surface area contributed by atoms with Gasteiger partial charge in [0.05, 0.1) is 24.4 Å². The van der Waals surface area contributed by atoms with E-state index in [1.165, 1.54) is 12.7 Å². The minimum atomic E-state index is -0.604. The number of piperidine rings is 1. The Morgan fingerprint density at radius 1 is 1.09 bits per heavy atom. The van der Waals surface area contributed by atoms with Crippen LogP contribution in [0.15, 0.2) is 48.5 Å². The molecule has 1 aliphatic rings. The number of carbonyl (C=O) groups excluding carboxylic acids is 1. The van der Waals surface area contributed by atoms with Crippen molar-refractivity contribution >= 4 is 11.7 Å². The monoisotopic (exact) mass is 454 g/mol. The molecule has 1 saturated heterocycles. The average Bonchev–Trinajstić information content (AvgIpc) is 2.82. The molecule has 180 valence electrons. The average molecular weight is 455 g/mol. The quantitative estimate of drug-likeness (QED) is 0.544. The molecule has 1 N–H and O–H groups in total. The highest BCUT2D eigenvalue weighted by Crippen LogP contribution is 2.27. The van der Waals surface area contributed by atoms with Gasteiger partial charge in [-0.25, -0.2) is 4.79 Å². The first-order valence-electron chi connectivity index (χ1n) is 11.9. The predicted octanol–water partition coefficient (Wildman–Crippen LogP) is 4.16. The maximum atomic E-state index is 11.6. The molecule has 1 heterocycles. The zero-order valence-electron chi connectivity index (χ0n) is 20.4. The number of esters is 1. The lowest BCUT2D eigenvalue weighted by Gasteiger charge is -2.39. The van der Waals surface area contributed by atoms with E-state index in [9.17, 15) is 9.90 Å². The highest BCUT2D eigenvalue weighted by atomic mass is 16.5. The number of hydrogen-bond donors (Lipinski definition) is 1. The topological polar surface area (TPSA) is 62.2 Å². The molecule has 2 aromatic carbocycles. The van der Waals surface area contributed by atoms with E-state index in [1.54, 1.807) is 0 Å². The summed E-state index contributed by atoms with van der Waals surface area (Å²) in [5.74, 6) is 0.576. The number of anilines is 1. The maximum Gasteiger partial charge on any atom is 0.337 e. The molecule has 0 aromatic heterocycles. The molecule has 33 heavy (non-hydrogen) atoms. The van der Waals surface area contributed by atoms with Gasteiger partial charge in [0.15, 0.2) is 0 Å². The molecular weight excluding hydrogens is 416 g/mol. The van der Waals surface area contributed by atoms with E-state index >= 15 is 0 Å². The van der Waals surface area contributed by atoms with Crippen molar-refractivity contribution in [3.8, 4) is 5.75 Å². The Kier molecular flexibility index (Phi) is 8.75. The van der Waals surface area contributed by atoms with E-state index in [1.807, 2.05) is 50.2 Å². The van der Waals surface area contributed by atoms with Gasteiger partial charge in [-0.15, -0.1) is 0 Å². The number of rotatable bonds is 10. The van der Waals surface area contributed by atoms with Crippen LogP contribution in [-0.4, -0.2) is 68.0 Å². The summed E-state index contributed by atoms with van der Waals surface area (Å²) in [6.45, 7) is 7.63. The number of hydrogen-bond acceptors (Lipinski definition) is 6. The molecule has 3 rings (SSSR count). The molecule has 0 spiro atoms. The van der Waals surface area contributed by atoms with Gasteiger partial charge in [-0.2, -0.15) is 0 Å². The minimum absolute atomic E-state index is 0.167. The molecule has 0 unspecified atom stereocenters. The Balaban J connectivity index is 1.40. The number of nitrogens with zero attached hydrogens (tertiary/aromatic N) is 2. The minimum Gasteiger partial charge on any atom is -0.491 e. The molecule has 0 saturated carbocycles. The van der Waals surface area contributed by atoms with Crippen LogP contribution in [0.3, 0.4) is 0 Å². The molecule has 0 atom stereocenters. The van der Waals surface area contributed by atoms with Crippen molar-refractivity contribution in [2.75, 3.05) is 45.2 Å². The van der Waals surface area contributed by atoms with Gasteiger partial charge in [0.1, 0.15) is 5.75 Å². The van der Waals surface area contributed by atoms with Crippen LogP contribution >= 0.6 is 0 Å². The molecule has 6 heteroatoms. The predicted molar refractivity (Wildman–Crippen MR) is 132 cm³/mol. The second-order valence-corrected chi connectivity index (χ2v) is 9.34. The summed E-state index contributed by atoms with van der Waals surface area (Å²) in [5.41, 5.74) is 2.31. The fourth-order valence-electron chi connectivity index (χ4n) is 4.21. The summed E-state index contributed by atoms with van der Waals surface area (Å²) >= 11 is 0. The standard InChI is InChI=1S/C27H38N2O4/c1-21(2)33-25-11-9-24(10-12-25)28(3)18-14-27(31)15-19-29(20-16-27)17-13-22-5-7-23(8-6-22)26(30)32-4/h5-12,21,31H,13-20H2,1-4H3. The van der Waals surface area contributed by atoms with Crippen molar-refractivity contribution in [2.45, 2.75) is 51.2 Å². The second kappa shape index (κ2) is 11.5. The van der Waals surface area contributed by atoms with Crippen molar-refractivity contribution in [3.05, 3.63) is 59.7 Å². The van der Waals surface area contributed by atoms with Crippen LogP contribution in [0.4, 0.5) is 5.69 Å². The SMILES string of the molecule is COC(=O)c1ccc(CCN2CCC(O)(CCN(C)c3ccc(OC(C)C)cc3)CC2)cc1. The zero-order chi connectivity index (χ0) is 23.8. The van der Waals surface area contributed by atoms with Crippen LogP contribution in [0.2, 0.25) is 0 Å². The Hall–Kier alpha value is -2.57. The van der Waals surface area contributed by atoms with Crippen molar-refractivity contribution in [1.29, 1.82) is 0 Å². The largest absolute Gasteiger partial charge is 0.491 e. The molecule has 2 aromatic rings. The third-order valence-corrected chi connectivity index (χ3v) is 6.44. The van der Waals surface area contributed by atoms with E-state index in [-0.39, 0.29) is 12.1 Å². The molecule has 1 fully saturated rings. The lowest BCUT2D eigenvalue weighted by Crippen LogP contribution is -2.46. The molecular formula is C27H38N2O4. The summed E-state index contributed by atoms with van der Waals surface area (Å²) in [4.78, 5) is 16.2. The van der Waals surface area contributed by atoms with Gasteiger partial charge < -0.3 is 24.4 Å². The smallest absolute Gasteiger partial charge is 0.337 e. The van der Waals surface area contributed by atoms with Crippen LogP contribution in [0, 0.1) is 0 Å². The number of likely N-dealkylation sites (tertiary alicyclic amines) is 1. The first-order chi connectivity index (χ1) is 15.8. The fraction of sp³-hybridized carbons (Fsp3) is 0.519. The summed E-state index contributed by atoms with van der Waals surface area (Å²) in [5, 5.41) is 11.1. The lowest BCUT2D eigenvalue weighted by molar-refractivity contribution is -0.0254. The molecule has 1 aliphatic heterocycles. The maximum absolute atomic E-state index is 11.6. The Labute approximate surface area is 198 Å². The van der Waals surface area contributed by atoms with Gasteiger partial charge >= 0.3 is 5.97 Å². The number of aliphatic hydroxyl groups is 1. The molecule has 6 nitrogen and oxygen atoms in total. The van der Waals surface area contributed by atoms with Crippen molar-refractivity contribution in [3.63, 3.8) is 0 Å². The van der Waals surface area contributed by atoms with Gasteiger partial charge in [0.2, 0.25) is 0 Å². The normalized spacial score (nSPS) is 15.9. The van der Waals surface area contributed by atoms with Crippen LogP contribution in [0.1, 0.15) is 49.0 Å². The van der Waals surface area contributed by atoms with Crippen LogP contribution in [0.25, 0.3) is 0 Å². The van der Waals surface area contributed by atoms with Crippen molar-refractivity contribution in [1.82, 2.24) is 4.90 Å². The Morgan fingerprint density at radius 2 is 1.73 bits per heavy atom. The van der Waals surface area contributed by atoms with Crippen LogP contribution in [0.5, 0.6) is 5.75 Å². The number of carbonyl (C=O) groups is 1. The zero-order valence-corrected chi connectivity index (χ0v) is 20.4. The second-order valence-electron chi connectivity index (χ2n) is 9.34. The highest BCUT2D eigenvalue weighted by molar-refractivity contribution is 5.89. The van der Waals surface area contributed by atoms with E-state index in [0.717, 1.165) is 63.3 Å². The molecule has 0 amide bonds. The van der Waals surface area contributed by atoms with E-state index in [2.05, 4.69) is 29.0 Å². The van der Waals surface area contributed by atoms with Crippen LogP contribution in [-0.2, 0) is 11.2 Å². The highest BCUT2D eigenvalue weighted by Gasteiger charge is 2.32. The van der Waals surface area contributed by atoms with Gasteiger partial charge in [0.25, 0.3) is 0 Å². The van der Waals surface area contributed by atoms with Gasteiger partial charge in [-0.1, -0.05) is 12.1 Å². The summed E-state index contributed by atoms with van der Waals surface area (Å²) in [6.07, 6.45) is 3.45. The first-order valence-corrected chi connectivity index (χ1v) is 11.9. The van der Waals surface area contributed by atoms with Crippen molar-refractivity contribution < 1.29 is 19.4 Å². The number of ether oxygens (including phenoxy) is 2. The third-order valence-electron chi connectivity index (χ3n) is 6.44. The first kappa shape index (κ1) is 25.1. The summed E-state index contributed by atoms with van der Waals surface area (Å²) in [7, 11) is 3.47. The number of benzene rings is 2. The molecule has 0 bridgehead atoms. The summed E-state index contributed by atoms with van der Waals surface area (Å²) < 4.78 is 10.5.